The molecular formula is C77H140O6. The largest absolute Gasteiger partial charge is 0.462 e. The number of hydrogen-bond acceptors (Lipinski definition) is 6. The monoisotopic (exact) mass is 1160 g/mol. The van der Waals surface area contributed by atoms with Crippen LogP contribution in [0.25, 0.3) is 0 Å². The van der Waals surface area contributed by atoms with Crippen LogP contribution in [0.4, 0.5) is 0 Å². The van der Waals surface area contributed by atoms with Crippen LogP contribution < -0.4 is 0 Å². The molecule has 0 radical (unpaired) electrons. The molecule has 0 aliphatic rings. The first-order chi connectivity index (χ1) is 41.0. The first-order valence-corrected chi connectivity index (χ1v) is 36.8. The van der Waals surface area contributed by atoms with Gasteiger partial charge in [-0.2, -0.15) is 0 Å². The Morgan fingerprint density at radius 3 is 0.711 bits per heavy atom. The molecule has 0 aromatic rings. The fourth-order valence-electron chi connectivity index (χ4n) is 10.9. The van der Waals surface area contributed by atoms with Crippen molar-refractivity contribution in [2.45, 2.75) is 399 Å². The summed E-state index contributed by atoms with van der Waals surface area (Å²) in [7, 11) is 0. The van der Waals surface area contributed by atoms with Gasteiger partial charge in [0.15, 0.2) is 6.10 Å². The molecule has 83 heavy (non-hydrogen) atoms. The zero-order chi connectivity index (χ0) is 59.9. The van der Waals surface area contributed by atoms with Crippen LogP contribution in [0.15, 0.2) is 60.8 Å². The van der Waals surface area contributed by atoms with Crippen molar-refractivity contribution < 1.29 is 28.6 Å². The third-order valence-electron chi connectivity index (χ3n) is 16.5. The highest BCUT2D eigenvalue weighted by Gasteiger charge is 2.19. The van der Waals surface area contributed by atoms with Gasteiger partial charge >= 0.3 is 17.9 Å². The summed E-state index contributed by atoms with van der Waals surface area (Å²) in [6, 6.07) is 0. The summed E-state index contributed by atoms with van der Waals surface area (Å²) < 4.78 is 17.0. The summed E-state index contributed by atoms with van der Waals surface area (Å²) in [6.07, 6.45) is 92.7. The van der Waals surface area contributed by atoms with E-state index in [0.717, 1.165) is 83.5 Å². The number of esters is 3. The van der Waals surface area contributed by atoms with E-state index in [4.69, 9.17) is 14.2 Å². The summed E-state index contributed by atoms with van der Waals surface area (Å²) in [4.78, 5) is 38.4. The topological polar surface area (TPSA) is 78.9 Å². The lowest BCUT2D eigenvalue weighted by atomic mass is 10.0. The van der Waals surface area contributed by atoms with Crippen LogP contribution in [0.5, 0.6) is 0 Å². The summed E-state index contributed by atoms with van der Waals surface area (Å²) >= 11 is 0. The van der Waals surface area contributed by atoms with Gasteiger partial charge in [0, 0.05) is 19.3 Å². The van der Waals surface area contributed by atoms with Crippen molar-refractivity contribution in [2.24, 2.45) is 0 Å². The van der Waals surface area contributed by atoms with E-state index in [2.05, 4.69) is 81.5 Å². The number of carbonyl (C=O) groups is 3. The van der Waals surface area contributed by atoms with Crippen LogP contribution in [0, 0.1) is 0 Å². The molecule has 0 aliphatic carbocycles. The zero-order valence-corrected chi connectivity index (χ0v) is 55.7. The van der Waals surface area contributed by atoms with Crippen LogP contribution in [0.2, 0.25) is 0 Å². The van der Waals surface area contributed by atoms with Gasteiger partial charge in [-0.3, -0.25) is 14.4 Å². The van der Waals surface area contributed by atoms with Gasteiger partial charge in [-0.05, 0) is 103 Å². The van der Waals surface area contributed by atoms with E-state index in [1.807, 2.05) is 0 Å². The normalized spacial score (nSPS) is 12.4. The van der Waals surface area contributed by atoms with Gasteiger partial charge in [-0.25, -0.2) is 0 Å². The molecule has 0 amide bonds. The van der Waals surface area contributed by atoms with Crippen molar-refractivity contribution >= 4 is 17.9 Å². The quantitative estimate of drug-likeness (QED) is 0.0261. The molecule has 0 aliphatic heterocycles. The zero-order valence-electron chi connectivity index (χ0n) is 55.7. The molecule has 0 saturated carbocycles. The van der Waals surface area contributed by atoms with Gasteiger partial charge in [0.05, 0.1) is 0 Å². The van der Waals surface area contributed by atoms with Gasteiger partial charge in [0.1, 0.15) is 13.2 Å². The highest BCUT2D eigenvalue weighted by Crippen LogP contribution is 2.18. The van der Waals surface area contributed by atoms with Crippen molar-refractivity contribution in [1.82, 2.24) is 0 Å². The summed E-state index contributed by atoms with van der Waals surface area (Å²) in [5.41, 5.74) is 0. The maximum absolute atomic E-state index is 12.9. The Morgan fingerprint density at radius 2 is 0.446 bits per heavy atom. The Hall–Kier alpha value is -2.89. The summed E-state index contributed by atoms with van der Waals surface area (Å²) in [6.45, 7) is 6.63. The van der Waals surface area contributed by atoms with Crippen molar-refractivity contribution in [3.63, 3.8) is 0 Å². The molecule has 0 N–H and O–H groups in total. The smallest absolute Gasteiger partial charge is 0.306 e. The lowest BCUT2D eigenvalue weighted by Gasteiger charge is -2.18. The van der Waals surface area contributed by atoms with Gasteiger partial charge in [0.2, 0.25) is 0 Å². The number of hydrogen-bond donors (Lipinski definition) is 0. The Labute approximate surface area is 517 Å². The average molecular weight is 1160 g/mol. The molecule has 6 heteroatoms. The summed E-state index contributed by atoms with van der Waals surface area (Å²) in [5, 5.41) is 0. The lowest BCUT2D eigenvalue weighted by molar-refractivity contribution is -0.167. The Balaban J connectivity index is 4.15. The van der Waals surface area contributed by atoms with Crippen LogP contribution in [-0.4, -0.2) is 37.2 Å². The molecule has 0 bridgehead atoms. The predicted octanol–water partition coefficient (Wildman–Crippen LogP) is 25.5. The molecule has 0 rings (SSSR count). The van der Waals surface area contributed by atoms with E-state index in [1.54, 1.807) is 0 Å². The van der Waals surface area contributed by atoms with E-state index in [9.17, 15) is 14.4 Å². The third-order valence-corrected chi connectivity index (χ3v) is 16.5. The standard InChI is InChI=1S/C77H140O6/c1-4-7-10-13-16-19-22-25-28-30-32-33-34-35-36-37-38-39-40-41-42-43-44-45-46-48-49-52-55-58-61-64-67-70-76(79)82-73-74(72-81-75(78)69-66-63-60-57-54-51-27-24-21-18-15-12-9-6-3)83-77(80)71-68-65-62-59-56-53-50-47-31-29-26-23-20-17-14-11-8-5-2/h15,18,22,24-25,27,29-32,74H,4-14,16-17,19-21,23,26,28,33-73H2,1-3H3/b18-15-,25-22-,27-24-,31-29-,32-30-. The molecule has 0 spiro atoms. The van der Waals surface area contributed by atoms with Crippen molar-refractivity contribution in [2.75, 3.05) is 13.2 Å². The fourth-order valence-corrected chi connectivity index (χ4v) is 10.9. The number of ether oxygens (including phenoxy) is 3. The minimum atomic E-state index is -0.782. The van der Waals surface area contributed by atoms with Gasteiger partial charge in [-0.1, -0.05) is 332 Å². The average Bonchev–Trinajstić information content (AvgIpc) is 3.50. The molecule has 6 nitrogen and oxygen atoms in total. The Morgan fingerprint density at radius 1 is 0.241 bits per heavy atom. The number of allylic oxidation sites excluding steroid dienone is 10. The highest BCUT2D eigenvalue weighted by molar-refractivity contribution is 5.71. The van der Waals surface area contributed by atoms with E-state index < -0.39 is 6.10 Å². The number of carbonyl (C=O) groups excluding carboxylic acids is 3. The lowest BCUT2D eigenvalue weighted by Crippen LogP contribution is -2.30. The first kappa shape index (κ1) is 80.1. The Bertz CT molecular complexity index is 1470. The van der Waals surface area contributed by atoms with Crippen molar-refractivity contribution in [1.29, 1.82) is 0 Å². The van der Waals surface area contributed by atoms with E-state index in [1.165, 1.54) is 270 Å². The summed E-state index contributed by atoms with van der Waals surface area (Å²) in [5.74, 6) is -0.872. The van der Waals surface area contributed by atoms with Gasteiger partial charge in [-0.15, -0.1) is 0 Å². The molecule has 484 valence electrons. The van der Waals surface area contributed by atoms with Crippen LogP contribution >= 0.6 is 0 Å². The van der Waals surface area contributed by atoms with Crippen LogP contribution in [0.3, 0.4) is 0 Å². The molecule has 1 unspecified atom stereocenters. The van der Waals surface area contributed by atoms with Gasteiger partial charge in [0.25, 0.3) is 0 Å². The number of unbranched alkanes of at least 4 members (excludes halogenated alkanes) is 47. The number of rotatable bonds is 68. The third kappa shape index (κ3) is 69.8. The van der Waals surface area contributed by atoms with Gasteiger partial charge < -0.3 is 14.2 Å². The van der Waals surface area contributed by atoms with Crippen LogP contribution in [0.1, 0.15) is 393 Å². The van der Waals surface area contributed by atoms with Crippen molar-refractivity contribution in [3.05, 3.63) is 60.8 Å². The molecule has 0 saturated heterocycles. The van der Waals surface area contributed by atoms with Crippen molar-refractivity contribution in [3.8, 4) is 0 Å². The molecule has 1 atom stereocenters. The maximum atomic E-state index is 12.9. The Kier molecular flexibility index (Phi) is 69.1. The molecule has 0 fully saturated rings. The molecule has 0 heterocycles. The van der Waals surface area contributed by atoms with E-state index in [-0.39, 0.29) is 31.1 Å². The minimum absolute atomic E-state index is 0.0764. The molecule has 0 aromatic heterocycles. The second kappa shape index (κ2) is 71.6. The fraction of sp³-hybridized carbons (Fsp3) is 0.831. The minimum Gasteiger partial charge on any atom is -0.462 e. The predicted molar refractivity (Wildman–Crippen MR) is 362 cm³/mol. The molecule has 0 aromatic carbocycles. The maximum Gasteiger partial charge on any atom is 0.306 e. The second-order valence-electron chi connectivity index (χ2n) is 24.8. The molecular weight excluding hydrogens is 1020 g/mol. The van der Waals surface area contributed by atoms with E-state index >= 15 is 0 Å². The highest BCUT2D eigenvalue weighted by atomic mass is 16.6. The first-order valence-electron chi connectivity index (χ1n) is 36.8. The SMILES string of the molecule is CCCC/C=C\C/C=C\CCCCCCCC(=O)OCC(COC(=O)CCCCCCCCCCCCCCCCCCCCCCC/C=C\C/C=C\CCCCCCC)OC(=O)CCCCCCCCC/C=C\CCCCCCCCC. The second-order valence-corrected chi connectivity index (χ2v) is 24.8. The van der Waals surface area contributed by atoms with Crippen LogP contribution in [-0.2, 0) is 28.6 Å². The van der Waals surface area contributed by atoms with E-state index in [0.29, 0.717) is 19.3 Å².